The standard InChI is InChI=1S/C7H8N4S/c1-4-3-5(2)12-6(4)7-8-10-11-9-7/h3H,1-2H3,(H,8,9,10,11). The van der Waals surface area contributed by atoms with Crippen molar-refractivity contribution < 1.29 is 0 Å². The van der Waals surface area contributed by atoms with E-state index in [-0.39, 0.29) is 0 Å². The summed E-state index contributed by atoms with van der Waals surface area (Å²) >= 11 is 1.69. The van der Waals surface area contributed by atoms with Crippen LogP contribution in [0.2, 0.25) is 0 Å². The van der Waals surface area contributed by atoms with Crippen molar-refractivity contribution in [3.05, 3.63) is 16.5 Å². The molecule has 0 amide bonds. The molecule has 0 aliphatic rings. The van der Waals surface area contributed by atoms with E-state index >= 15 is 0 Å². The molecule has 2 rings (SSSR count). The molecule has 62 valence electrons. The van der Waals surface area contributed by atoms with Gasteiger partial charge in [-0.1, -0.05) is 0 Å². The minimum Gasteiger partial charge on any atom is -0.177 e. The van der Waals surface area contributed by atoms with E-state index in [1.807, 2.05) is 0 Å². The molecule has 0 saturated carbocycles. The minimum atomic E-state index is 0.686. The van der Waals surface area contributed by atoms with Gasteiger partial charge in [0.25, 0.3) is 0 Å². The number of rotatable bonds is 1. The second kappa shape index (κ2) is 2.67. The lowest BCUT2D eigenvalue weighted by atomic mass is 10.2. The van der Waals surface area contributed by atoms with E-state index < -0.39 is 0 Å². The predicted molar refractivity (Wildman–Crippen MR) is 47.0 cm³/mol. The van der Waals surface area contributed by atoms with Gasteiger partial charge in [0.2, 0.25) is 5.82 Å². The number of nitrogens with one attached hydrogen (secondary N) is 1. The Bertz CT molecular complexity index is 376. The van der Waals surface area contributed by atoms with Gasteiger partial charge in [0.05, 0.1) is 4.88 Å². The van der Waals surface area contributed by atoms with Crippen molar-refractivity contribution in [1.82, 2.24) is 20.6 Å². The Morgan fingerprint density at radius 1 is 1.42 bits per heavy atom. The fraction of sp³-hybridized carbons (Fsp3) is 0.286. The zero-order valence-corrected chi connectivity index (χ0v) is 7.64. The molecule has 2 heterocycles. The number of hydrogen-bond acceptors (Lipinski definition) is 4. The van der Waals surface area contributed by atoms with E-state index in [9.17, 15) is 0 Å². The molecule has 0 saturated heterocycles. The Labute approximate surface area is 73.6 Å². The van der Waals surface area contributed by atoms with Crippen molar-refractivity contribution in [2.45, 2.75) is 13.8 Å². The lowest BCUT2D eigenvalue weighted by Gasteiger charge is -1.87. The van der Waals surface area contributed by atoms with E-state index in [1.165, 1.54) is 10.4 Å². The first-order valence-electron chi connectivity index (χ1n) is 3.58. The lowest BCUT2D eigenvalue weighted by molar-refractivity contribution is 0.881. The summed E-state index contributed by atoms with van der Waals surface area (Å²) in [6.07, 6.45) is 0. The monoisotopic (exact) mass is 180 g/mol. The summed E-state index contributed by atoms with van der Waals surface area (Å²) in [4.78, 5) is 2.37. The molecular weight excluding hydrogens is 172 g/mol. The summed E-state index contributed by atoms with van der Waals surface area (Å²) in [5.41, 5.74) is 1.21. The molecule has 2 aromatic rings. The number of hydrogen-bond donors (Lipinski definition) is 1. The molecule has 0 spiro atoms. The van der Waals surface area contributed by atoms with Crippen LogP contribution in [-0.2, 0) is 0 Å². The van der Waals surface area contributed by atoms with Crippen LogP contribution in [0.15, 0.2) is 6.07 Å². The third-order valence-corrected chi connectivity index (χ3v) is 2.74. The molecule has 0 atom stereocenters. The first-order valence-corrected chi connectivity index (χ1v) is 4.40. The van der Waals surface area contributed by atoms with Crippen molar-refractivity contribution >= 4 is 11.3 Å². The van der Waals surface area contributed by atoms with Crippen molar-refractivity contribution in [2.75, 3.05) is 0 Å². The molecular formula is C7H8N4S. The number of thiophene rings is 1. The minimum absolute atomic E-state index is 0.686. The zero-order chi connectivity index (χ0) is 8.55. The topological polar surface area (TPSA) is 54.5 Å². The highest BCUT2D eigenvalue weighted by Gasteiger charge is 2.08. The summed E-state index contributed by atoms with van der Waals surface area (Å²) in [6.45, 7) is 4.12. The van der Waals surface area contributed by atoms with Crippen LogP contribution in [-0.4, -0.2) is 20.6 Å². The number of tetrazole rings is 1. The molecule has 0 radical (unpaired) electrons. The molecule has 0 unspecified atom stereocenters. The summed E-state index contributed by atoms with van der Waals surface area (Å²) in [7, 11) is 0. The molecule has 2 aromatic heterocycles. The maximum absolute atomic E-state index is 3.92. The smallest absolute Gasteiger partial charge is 0.177 e. The molecule has 5 heteroatoms. The predicted octanol–water partition coefficient (Wildman–Crippen LogP) is 1.55. The van der Waals surface area contributed by atoms with E-state index in [2.05, 4.69) is 40.5 Å². The Morgan fingerprint density at radius 3 is 2.75 bits per heavy atom. The first-order chi connectivity index (χ1) is 5.77. The van der Waals surface area contributed by atoms with Crippen LogP contribution < -0.4 is 0 Å². The highest BCUT2D eigenvalue weighted by atomic mass is 32.1. The Hall–Kier alpha value is -1.23. The maximum Gasteiger partial charge on any atom is 0.214 e. The van der Waals surface area contributed by atoms with Gasteiger partial charge in [0.1, 0.15) is 0 Å². The molecule has 12 heavy (non-hydrogen) atoms. The van der Waals surface area contributed by atoms with Gasteiger partial charge in [0, 0.05) is 4.88 Å². The van der Waals surface area contributed by atoms with Crippen LogP contribution >= 0.6 is 11.3 Å². The Morgan fingerprint density at radius 2 is 2.25 bits per heavy atom. The van der Waals surface area contributed by atoms with Gasteiger partial charge in [-0.3, -0.25) is 0 Å². The van der Waals surface area contributed by atoms with E-state index in [1.54, 1.807) is 11.3 Å². The van der Waals surface area contributed by atoms with Crippen LogP contribution in [0.3, 0.4) is 0 Å². The van der Waals surface area contributed by atoms with Crippen LogP contribution in [0.5, 0.6) is 0 Å². The van der Waals surface area contributed by atoms with Gasteiger partial charge in [-0.25, -0.2) is 0 Å². The summed E-state index contributed by atoms with van der Waals surface area (Å²) < 4.78 is 0. The Kier molecular flexibility index (Phi) is 1.65. The molecule has 0 aliphatic carbocycles. The maximum atomic E-state index is 3.92. The first kappa shape index (κ1) is 7.42. The van der Waals surface area contributed by atoms with Crippen molar-refractivity contribution in [1.29, 1.82) is 0 Å². The van der Waals surface area contributed by atoms with Crippen LogP contribution in [0.1, 0.15) is 10.4 Å². The van der Waals surface area contributed by atoms with Crippen molar-refractivity contribution in [2.24, 2.45) is 0 Å². The number of aromatic nitrogens is 4. The SMILES string of the molecule is Cc1cc(C)c(-c2nn[nH]n2)s1. The van der Waals surface area contributed by atoms with Crippen LogP contribution in [0.25, 0.3) is 10.7 Å². The molecule has 0 bridgehead atoms. The summed E-state index contributed by atoms with van der Waals surface area (Å²) in [5.74, 6) is 0.686. The van der Waals surface area contributed by atoms with E-state index in [0.29, 0.717) is 5.82 Å². The van der Waals surface area contributed by atoms with Crippen LogP contribution in [0.4, 0.5) is 0 Å². The van der Waals surface area contributed by atoms with E-state index in [4.69, 9.17) is 0 Å². The summed E-state index contributed by atoms with van der Waals surface area (Å²) in [5, 5.41) is 13.8. The lowest BCUT2D eigenvalue weighted by Crippen LogP contribution is -1.77. The third-order valence-electron chi connectivity index (χ3n) is 1.59. The molecule has 0 aromatic carbocycles. The van der Waals surface area contributed by atoms with E-state index in [0.717, 1.165) is 4.88 Å². The second-order valence-electron chi connectivity index (χ2n) is 2.60. The van der Waals surface area contributed by atoms with Gasteiger partial charge in [-0.05, 0) is 30.7 Å². The van der Waals surface area contributed by atoms with Gasteiger partial charge in [-0.15, -0.1) is 21.5 Å². The van der Waals surface area contributed by atoms with Gasteiger partial charge >= 0.3 is 0 Å². The average Bonchev–Trinajstić information content (AvgIpc) is 2.58. The molecule has 4 nitrogen and oxygen atoms in total. The van der Waals surface area contributed by atoms with Crippen molar-refractivity contribution in [3.63, 3.8) is 0 Å². The number of H-pyrrole nitrogens is 1. The quantitative estimate of drug-likeness (QED) is 0.724. The zero-order valence-electron chi connectivity index (χ0n) is 6.83. The largest absolute Gasteiger partial charge is 0.214 e. The Balaban J connectivity index is 2.54. The number of nitrogens with zero attached hydrogens (tertiary/aromatic N) is 3. The van der Waals surface area contributed by atoms with Gasteiger partial charge < -0.3 is 0 Å². The third kappa shape index (κ3) is 1.12. The molecule has 0 aliphatic heterocycles. The molecule has 0 fully saturated rings. The fourth-order valence-electron chi connectivity index (χ4n) is 1.12. The summed E-state index contributed by atoms with van der Waals surface area (Å²) in [6, 6.07) is 2.12. The van der Waals surface area contributed by atoms with Gasteiger partial charge in [-0.2, -0.15) is 5.21 Å². The number of aryl methyl sites for hydroxylation is 2. The normalized spacial score (nSPS) is 10.5. The van der Waals surface area contributed by atoms with Crippen LogP contribution in [0, 0.1) is 13.8 Å². The van der Waals surface area contributed by atoms with Crippen molar-refractivity contribution in [3.8, 4) is 10.7 Å². The average molecular weight is 180 g/mol. The molecule has 1 N–H and O–H groups in total. The highest BCUT2D eigenvalue weighted by Crippen LogP contribution is 2.28. The highest BCUT2D eigenvalue weighted by molar-refractivity contribution is 7.15. The second-order valence-corrected chi connectivity index (χ2v) is 3.86. The number of aromatic amines is 1. The van der Waals surface area contributed by atoms with Gasteiger partial charge in [0.15, 0.2) is 0 Å². The fourth-order valence-corrected chi connectivity index (χ4v) is 2.08.